The normalized spacial score (nSPS) is 11.0. The summed E-state index contributed by atoms with van der Waals surface area (Å²) in [5, 5.41) is 0.950. The van der Waals surface area contributed by atoms with E-state index in [0.717, 1.165) is 5.56 Å². The maximum absolute atomic E-state index is 12.6. The standard InChI is InChI=1S/C22H21ClO6/c1-12(2)28-21-17(23)8-14(9-19(21)26-4)22(25)27-11-15-10-20(24)29-18-7-13(3)5-6-16(15)18/h5-10,12H,11H2,1-4H3. The molecule has 0 radical (unpaired) electrons. The van der Waals surface area contributed by atoms with E-state index in [4.69, 9.17) is 30.2 Å². The quantitative estimate of drug-likeness (QED) is 0.420. The van der Waals surface area contributed by atoms with Crippen LogP contribution in [0.2, 0.25) is 5.02 Å². The molecule has 6 nitrogen and oxygen atoms in total. The zero-order valence-corrected chi connectivity index (χ0v) is 17.3. The third-order valence-electron chi connectivity index (χ3n) is 4.16. The van der Waals surface area contributed by atoms with E-state index in [1.54, 1.807) is 6.07 Å². The molecule has 0 amide bonds. The molecule has 0 aliphatic heterocycles. The molecule has 0 bridgehead atoms. The van der Waals surface area contributed by atoms with Crippen molar-refractivity contribution in [2.24, 2.45) is 0 Å². The molecule has 0 unspecified atom stereocenters. The third kappa shape index (κ3) is 4.71. The van der Waals surface area contributed by atoms with Crippen molar-refractivity contribution in [2.45, 2.75) is 33.5 Å². The van der Waals surface area contributed by atoms with Crippen molar-refractivity contribution in [3.05, 3.63) is 68.5 Å². The molecule has 1 heterocycles. The fourth-order valence-corrected chi connectivity index (χ4v) is 3.13. The van der Waals surface area contributed by atoms with Crippen molar-refractivity contribution in [1.82, 2.24) is 0 Å². The monoisotopic (exact) mass is 416 g/mol. The van der Waals surface area contributed by atoms with E-state index in [-0.39, 0.29) is 23.3 Å². The van der Waals surface area contributed by atoms with Gasteiger partial charge >= 0.3 is 11.6 Å². The molecule has 2 aromatic carbocycles. The van der Waals surface area contributed by atoms with Crippen LogP contribution in [0.25, 0.3) is 11.0 Å². The Morgan fingerprint density at radius 1 is 1.17 bits per heavy atom. The predicted molar refractivity (Wildman–Crippen MR) is 110 cm³/mol. The van der Waals surface area contributed by atoms with Gasteiger partial charge < -0.3 is 18.6 Å². The van der Waals surface area contributed by atoms with Crippen molar-refractivity contribution >= 4 is 28.5 Å². The summed E-state index contributed by atoms with van der Waals surface area (Å²) in [6.07, 6.45) is -0.110. The Labute approximate surface area is 172 Å². The number of rotatable bonds is 6. The molecule has 0 saturated heterocycles. The van der Waals surface area contributed by atoms with Crippen LogP contribution in [0, 0.1) is 6.92 Å². The molecule has 0 N–H and O–H groups in total. The summed E-state index contributed by atoms with van der Waals surface area (Å²) >= 11 is 6.27. The summed E-state index contributed by atoms with van der Waals surface area (Å²) in [6.45, 7) is 5.53. The third-order valence-corrected chi connectivity index (χ3v) is 4.44. The highest BCUT2D eigenvalue weighted by Crippen LogP contribution is 2.37. The number of fused-ring (bicyclic) bond motifs is 1. The summed E-state index contributed by atoms with van der Waals surface area (Å²) in [4.78, 5) is 24.4. The molecule has 1 aromatic heterocycles. The van der Waals surface area contributed by atoms with Gasteiger partial charge in [-0.05, 0) is 44.5 Å². The summed E-state index contributed by atoms with van der Waals surface area (Å²) in [7, 11) is 1.46. The molecular weight excluding hydrogens is 396 g/mol. The van der Waals surface area contributed by atoms with Gasteiger partial charge in [-0.1, -0.05) is 23.7 Å². The lowest BCUT2D eigenvalue weighted by molar-refractivity contribution is 0.0473. The van der Waals surface area contributed by atoms with Gasteiger partial charge in [0.1, 0.15) is 12.2 Å². The molecule has 0 fully saturated rings. The molecule has 7 heteroatoms. The Morgan fingerprint density at radius 3 is 2.62 bits per heavy atom. The van der Waals surface area contributed by atoms with Crippen molar-refractivity contribution in [3.63, 3.8) is 0 Å². The first-order chi connectivity index (χ1) is 13.8. The number of aryl methyl sites for hydroxylation is 1. The number of hydrogen-bond acceptors (Lipinski definition) is 6. The highest BCUT2D eigenvalue weighted by molar-refractivity contribution is 6.32. The Hall–Kier alpha value is -2.99. The van der Waals surface area contributed by atoms with Crippen molar-refractivity contribution < 1.29 is 23.4 Å². The van der Waals surface area contributed by atoms with Crippen LogP contribution in [0.15, 0.2) is 45.6 Å². The molecule has 0 saturated carbocycles. The molecule has 0 aliphatic rings. The SMILES string of the molecule is COc1cc(C(=O)OCc2cc(=O)oc3cc(C)ccc23)cc(Cl)c1OC(C)C. The van der Waals surface area contributed by atoms with E-state index in [0.29, 0.717) is 28.0 Å². The lowest BCUT2D eigenvalue weighted by atomic mass is 10.1. The van der Waals surface area contributed by atoms with Crippen molar-refractivity contribution in [2.75, 3.05) is 7.11 Å². The number of esters is 1. The van der Waals surface area contributed by atoms with Crippen LogP contribution >= 0.6 is 11.6 Å². The maximum Gasteiger partial charge on any atom is 0.338 e. The fraction of sp³-hybridized carbons (Fsp3) is 0.273. The first-order valence-corrected chi connectivity index (χ1v) is 9.41. The van der Waals surface area contributed by atoms with Crippen LogP contribution in [0.1, 0.15) is 35.3 Å². The van der Waals surface area contributed by atoms with Gasteiger partial charge in [0, 0.05) is 17.0 Å². The Morgan fingerprint density at radius 2 is 1.93 bits per heavy atom. The van der Waals surface area contributed by atoms with Gasteiger partial charge in [0.2, 0.25) is 0 Å². The zero-order chi connectivity index (χ0) is 21.1. The molecule has 0 aliphatic carbocycles. The minimum atomic E-state index is -0.602. The predicted octanol–water partition coefficient (Wildman–Crippen LogP) is 4.91. The zero-order valence-electron chi connectivity index (χ0n) is 16.6. The van der Waals surface area contributed by atoms with Crippen LogP contribution in [0.5, 0.6) is 11.5 Å². The van der Waals surface area contributed by atoms with Crippen LogP contribution < -0.4 is 15.1 Å². The average Bonchev–Trinajstić information content (AvgIpc) is 2.66. The Balaban J connectivity index is 1.85. The lowest BCUT2D eigenvalue weighted by Crippen LogP contribution is -2.10. The van der Waals surface area contributed by atoms with Crippen LogP contribution in [-0.2, 0) is 11.3 Å². The van der Waals surface area contributed by atoms with Crippen molar-refractivity contribution in [3.8, 4) is 11.5 Å². The molecule has 152 valence electrons. The minimum Gasteiger partial charge on any atom is -0.493 e. The van der Waals surface area contributed by atoms with E-state index >= 15 is 0 Å². The number of ether oxygens (including phenoxy) is 3. The van der Waals surface area contributed by atoms with Crippen LogP contribution in [0.3, 0.4) is 0 Å². The molecule has 0 spiro atoms. The van der Waals surface area contributed by atoms with E-state index in [1.807, 2.05) is 32.9 Å². The molecular formula is C22H21ClO6. The minimum absolute atomic E-state index is 0.0891. The summed E-state index contributed by atoms with van der Waals surface area (Å²) in [5.41, 5.74) is 1.67. The van der Waals surface area contributed by atoms with Gasteiger partial charge in [0.25, 0.3) is 0 Å². The number of hydrogen-bond donors (Lipinski definition) is 0. The van der Waals surface area contributed by atoms with Crippen LogP contribution in [-0.4, -0.2) is 19.2 Å². The molecule has 3 rings (SSSR count). The fourth-order valence-electron chi connectivity index (χ4n) is 2.87. The van der Waals surface area contributed by atoms with E-state index < -0.39 is 11.6 Å². The molecule has 3 aromatic rings. The number of carbonyl (C=O) groups excluding carboxylic acids is 1. The first kappa shape index (κ1) is 20.7. The van der Waals surface area contributed by atoms with Gasteiger partial charge in [-0.2, -0.15) is 0 Å². The van der Waals surface area contributed by atoms with E-state index in [2.05, 4.69) is 0 Å². The maximum atomic E-state index is 12.6. The van der Waals surface area contributed by atoms with Gasteiger partial charge in [-0.25, -0.2) is 9.59 Å². The largest absolute Gasteiger partial charge is 0.493 e. The lowest BCUT2D eigenvalue weighted by Gasteiger charge is -2.16. The second-order valence-corrected chi connectivity index (χ2v) is 7.23. The van der Waals surface area contributed by atoms with Gasteiger partial charge in [-0.15, -0.1) is 0 Å². The first-order valence-electron chi connectivity index (χ1n) is 9.03. The number of benzene rings is 2. The van der Waals surface area contributed by atoms with Crippen LogP contribution in [0.4, 0.5) is 0 Å². The van der Waals surface area contributed by atoms with Crippen molar-refractivity contribution in [1.29, 1.82) is 0 Å². The molecule has 29 heavy (non-hydrogen) atoms. The number of halogens is 1. The highest BCUT2D eigenvalue weighted by atomic mass is 35.5. The summed E-state index contributed by atoms with van der Waals surface area (Å²) < 4.78 is 21.6. The summed E-state index contributed by atoms with van der Waals surface area (Å²) in [5.74, 6) is 0.0944. The van der Waals surface area contributed by atoms with Gasteiger partial charge in [0.05, 0.1) is 23.8 Å². The van der Waals surface area contributed by atoms with E-state index in [9.17, 15) is 9.59 Å². The van der Waals surface area contributed by atoms with Gasteiger partial charge in [-0.3, -0.25) is 0 Å². The second kappa shape index (κ2) is 8.57. The Kier molecular flexibility index (Phi) is 6.13. The second-order valence-electron chi connectivity index (χ2n) is 6.82. The average molecular weight is 417 g/mol. The summed E-state index contributed by atoms with van der Waals surface area (Å²) in [6, 6.07) is 9.77. The topological polar surface area (TPSA) is 75.0 Å². The van der Waals surface area contributed by atoms with Gasteiger partial charge in [0.15, 0.2) is 11.5 Å². The highest BCUT2D eigenvalue weighted by Gasteiger charge is 2.18. The smallest absolute Gasteiger partial charge is 0.338 e. The Bertz CT molecular complexity index is 1120. The number of methoxy groups -OCH3 is 1. The molecule has 0 atom stereocenters. The number of carbonyl (C=O) groups is 1. The van der Waals surface area contributed by atoms with E-state index in [1.165, 1.54) is 25.3 Å².